The number of halogens is 1. The summed E-state index contributed by atoms with van der Waals surface area (Å²) < 4.78 is 1.91. The molecule has 1 unspecified atom stereocenters. The molecule has 0 aliphatic rings. The Kier molecular flexibility index (Phi) is 5.42. The Morgan fingerprint density at radius 1 is 1.61 bits per heavy atom. The van der Waals surface area contributed by atoms with Crippen LogP contribution in [0.2, 0.25) is 0 Å². The van der Waals surface area contributed by atoms with Crippen LogP contribution in [0.15, 0.2) is 15.5 Å². The van der Waals surface area contributed by atoms with E-state index in [9.17, 15) is 4.79 Å². The van der Waals surface area contributed by atoms with E-state index in [0.29, 0.717) is 10.2 Å². The van der Waals surface area contributed by atoms with E-state index in [1.165, 1.54) is 4.68 Å². The number of hydrogen-bond donors (Lipinski definition) is 1. The summed E-state index contributed by atoms with van der Waals surface area (Å²) in [5.74, 6) is 2.67. The van der Waals surface area contributed by atoms with Crippen molar-refractivity contribution in [2.24, 2.45) is 0 Å². The molecular formula is C13H18BrN3O. The zero-order valence-electron chi connectivity index (χ0n) is 10.9. The summed E-state index contributed by atoms with van der Waals surface area (Å²) >= 11 is 3.30. The van der Waals surface area contributed by atoms with Crippen molar-refractivity contribution in [2.45, 2.75) is 45.7 Å². The molecule has 0 saturated carbocycles. The fourth-order valence-corrected chi connectivity index (χ4v) is 1.99. The lowest BCUT2D eigenvalue weighted by Gasteiger charge is -2.16. The molecule has 0 fully saturated rings. The Balaban J connectivity index is 3.03. The van der Waals surface area contributed by atoms with E-state index in [4.69, 9.17) is 6.42 Å². The quantitative estimate of drug-likeness (QED) is 0.851. The molecule has 1 rings (SSSR count). The summed E-state index contributed by atoms with van der Waals surface area (Å²) in [6.07, 6.45) is 8.91. The fraction of sp³-hybridized carbons (Fsp3) is 0.538. The number of anilines is 1. The predicted octanol–water partition coefficient (Wildman–Crippen LogP) is 2.80. The van der Waals surface area contributed by atoms with Gasteiger partial charge >= 0.3 is 0 Å². The van der Waals surface area contributed by atoms with Crippen molar-refractivity contribution in [3.8, 4) is 12.3 Å². The Hall–Kier alpha value is -1.28. The molecule has 1 N–H and O–H groups in total. The highest BCUT2D eigenvalue weighted by atomic mass is 79.9. The third-order valence-electron chi connectivity index (χ3n) is 2.54. The number of nitrogens with zero attached hydrogens (tertiary/aromatic N) is 2. The lowest BCUT2D eigenvalue weighted by molar-refractivity contribution is 0.501. The van der Waals surface area contributed by atoms with E-state index in [1.54, 1.807) is 6.20 Å². The van der Waals surface area contributed by atoms with Crippen LogP contribution >= 0.6 is 15.9 Å². The van der Waals surface area contributed by atoms with Crippen molar-refractivity contribution in [1.29, 1.82) is 0 Å². The first-order valence-corrected chi connectivity index (χ1v) is 6.80. The van der Waals surface area contributed by atoms with E-state index in [0.717, 1.165) is 12.8 Å². The number of aromatic nitrogens is 2. The molecule has 0 bridgehead atoms. The van der Waals surface area contributed by atoms with Crippen LogP contribution in [0.1, 0.15) is 39.7 Å². The first kappa shape index (κ1) is 14.8. The van der Waals surface area contributed by atoms with Gasteiger partial charge in [0.1, 0.15) is 4.47 Å². The van der Waals surface area contributed by atoms with Gasteiger partial charge in [-0.25, -0.2) is 4.68 Å². The van der Waals surface area contributed by atoms with Crippen molar-refractivity contribution in [3.05, 3.63) is 21.0 Å². The Morgan fingerprint density at radius 3 is 2.78 bits per heavy atom. The minimum absolute atomic E-state index is 0.0296. The fourth-order valence-electron chi connectivity index (χ4n) is 1.59. The minimum atomic E-state index is -0.151. The van der Waals surface area contributed by atoms with Crippen LogP contribution in [0.3, 0.4) is 0 Å². The summed E-state index contributed by atoms with van der Waals surface area (Å²) in [6, 6.07) is -0.0516. The van der Waals surface area contributed by atoms with E-state index < -0.39 is 0 Å². The molecule has 0 spiro atoms. The van der Waals surface area contributed by atoms with E-state index >= 15 is 0 Å². The van der Waals surface area contributed by atoms with Crippen molar-refractivity contribution in [1.82, 2.24) is 9.78 Å². The summed E-state index contributed by atoms with van der Waals surface area (Å²) in [5, 5.41) is 7.28. The van der Waals surface area contributed by atoms with Gasteiger partial charge in [-0.2, -0.15) is 5.10 Å². The zero-order valence-corrected chi connectivity index (χ0v) is 12.5. The first-order valence-electron chi connectivity index (χ1n) is 6.01. The molecule has 5 heteroatoms. The average Bonchev–Trinajstić information content (AvgIpc) is 2.33. The average molecular weight is 312 g/mol. The Labute approximate surface area is 116 Å². The van der Waals surface area contributed by atoms with Crippen molar-refractivity contribution in [2.75, 3.05) is 5.32 Å². The van der Waals surface area contributed by atoms with Crippen molar-refractivity contribution < 1.29 is 0 Å². The molecule has 4 nitrogen and oxygen atoms in total. The Bertz CT molecular complexity index is 502. The van der Waals surface area contributed by atoms with Crippen LogP contribution in [-0.2, 0) is 0 Å². The second kappa shape index (κ2) is 6.60. The van der Waals surface area contributed by atoms with Gasteiger partial charge in [-0.1, -0.05) is 19.3 Å². The molecule has 18 heavy (non-hydrogen) atoms. The molecule has 1 aromatic rings. The van der Waals surface area contributed by atoms with Gasteiger partial charge in [0.05, 0.1) is 24.0 Å². The van der Waals surface area contributed by atoms with Crippen LogP contribution in [0, 0.1) is 12.3 Å². The van der Waals surface area contributed by atoms with Crippen LogP contribution < -0.4 is 10.9 Å². The van der Waals surface area contributed by atoms with Crippen molar-refractivity contribution >= 4 is 21.6 Å². The predicted molar refractivity (Wildman–Crippen MR) is 77.7 cm³/mol. The van der Waals surface area contributed by atoms with Crippen molar-refractivity contribution in [3.63, 3.8) is 0 Å². The monoisotopic (exact) mass is 311 g/mol. The maximum absolute atomic E-state index is 12.0. The minimum Gasteiger partial charge on any atom is -0.369 e. The SMILES string of the molecule is C#CC(CCC)Nc1cnn(C(C)C)c(=O)c1Br. The second-order valence-corrected chi connectivity index (χ2v) is 5.16. The van der Waals surface area contributed by atoms with Gasteiger partial charge in [0.15, 0.2) is 0 Å². The highest BCUT2D eigenvalue weighted by molar-refractivity contribution is 9.10. The van der Waals surface area contributed by atoms with Crippen LogP contribution in [0.4, 0.5) is 5.69 Å². The smallest absolute Gasteiger partial charge is 0.283 e. The molecule has 1 heterocycles. The van der Waals surface area contributed by atoms with Gasteiger partial charge in [0.2, 0.25) is 0 Å². The zero-order chi connectivity index (χ0) is 13.7. The van der Waals surface area contributed by atoms with Crippen LogP contribution in [0.25, 0.3) is 0 Å². The van der Waals surface area contributed by atoms with E-state index in [1.807, 2.05) is 13.8 Å². The molecule has 0 aromatic carbocycles. The summed E-state index contributed by atoms with van der Waals surface area (Å²) in [7, 11) is 0. The van der Waals surface area contributed by atoms with Gasteiger partial charge in [-0.05, 0) is 36.2 Å². The highest BCUT2D eigenvalue weighted by Crippen LogP contribution is 2.19. The van der Waals surface area contributed by atoms with Crippen LogP contribution in [-0.4, -0.2) is 15.8 Å². The van der Waals surface area contributed by atoms with Crippen LogP contribution in [0.5, 0.6) is 0 Å². The van der Waals surface area contributed by atoms with E-state index in [2.05, 4.69) is 39.2 Å². The van der Waals surface area contributed by atoms with Gasteiger partial charge < -0.3 is 5.32 Å². The number of nitrogens with one attached hydrogen (secondary N) is 1. The molecule has 0 aliphatic carbocycles. The summed E-state index contributed by atoms with van der Waals surface area (Å²) in [4.78, 5) is 12.0. The lowest BCUT2D eigenvalue weighted by atomic mass is 10.2. The molecule has 0 aliphatic heterocycles. The maximum atomic E-state index is 12.0. The first-order chi connectivity index (χ1) is 8.51. The summed E-state index contributed by atoms with van der Waals surface area (Å²) in [6.45, 7) is 5.89. The number of hydrogen-bond acceptors (Lipinski definition) is 3. The number of terminal acetylenes is 1. The van der Waals surface area contributed by atoms with E-state index in [-0.39, 0.29) is 17.6 Å². The topological polar surface area (TPSA) is 46.9 Å². The highest BCUT2D eigenvalue weighted by Gasteiger charge is 2.13. The third-order valence-corrected chi connectivity index (χ3v) is 3.31. The Morgan fingerprint density at radius 2 is 2.28 bits per heavy atom. The molecule has 98 valence electrons. The molecule has 0 saturated heterocycles. The lowest BCUT2D eigenvalue weighted by Crippen LogP contribution is -2.27. The van der Waals surface area contributed by atoms with Gasteiger partial charge in [-0.3, -0.25) is 4.79 Å². The number of rotatable bonds is 5. The summed E-state index contributed by atoms with van der Waals surface area (Å²) in [5.41, 5.74) is 0.496. The standard InChI is InChI=1S/C13H18BrN3O/c1-5-7-10(6-2)16-11-8-15-17(9(3)4)13(18)12(11)14/h2,8-10,16H,5,7H2,1,3-4H3. The second-order valence-electron chi connectivity index (χ2n) is 4.37. The van der Waals surface area contributed by atoms with Gasteiger partial charge in [0.25, 0.3) is 5.56 Å². The van der Waals surface area contributed by atoms with Gasteiger partial charge in [0, 0.05) is 0 Å². The molecule has 0 radical (unpaired) electrons. The largest absolute Gasteiger partial charge is 0.369 e. The molecule has 1 aromatic heterocycles. The third kappa shape index (κ3) is 3.36. The molecular weight excluding hydrogens is 294 g/mol. The normalized spacial score (nSPS) is 12.2. The van der Waals surface area contributed by atoms with Gasteiger partial charge in [-0.15, -0.1) is 6.42 Å². The maximum Gasteiger partial charge on any atom is 0.283 e. The molecule has 1 atom stereocenters. The molecule has 0 amide bonds.